The highest BCUT2D eigenvalue weighted by Crippen LogP contribution is 2.23. The van der Waals surface area contributed by atoms with Crippen LogP contribution in [0.4, 0.5) is 0 Å². The number of halogens is 1. The Hall–Kier alpha value is -1.65. The fourth-order valence-electron chi connectivity index (χ4n) is 1.56. The second kappa shape index (κ2) is 6.20. The van der Waals surface area contributed by atoms with E-state index in [1.807, 2.05) is 12.1 Å². The molecule has 0 aliphatic carbocycles. The van der Waals surface area contributed by atoms with Crippen LogP contribution in [0.3, 0.4) is 0 Å². The lowest BCUT2D eigenvalue weighted by Crippen LogP contribution is -2.35. The number of hydrogen-bond acceptors (Lipinski definition) is 4. The quantitative estimate of drug-likeness (QED) is 0.930. The molecule has 1 N–H and O–H groups in total. The van der Waals surface area contributed by atoms with Crippen molar-refractivity contribution in [3.63, 3.8) is 0 Å². The molecule has 2 aromatic rings. The molecular weight excluding hydrogens is 274 g/mol. The third-order valence-corrected chi connectivity index (χ3v) is 2.71. The van der Waals surface area contributed by atoms with Crippen molar-refractivity contribution in [1.82, 2.24) is 15.3 Å². The van der Waals surface area contributed by atoms with Gasteiger partial charge in [0.25, 0.3) is 0 Å². The van der Waals surface area contributed by atoms with E-state index in [1.54, 1.807) is 24.7 Å². The van der Waals surface area contributed by atoms with Gasteiger partial charge in [0, 0.05) is 36.6 Å². The van der Waals surface area contributed by atoms with Crippen molar-refractivity contribution in [2.75, 3.05) is 0 Å². The Morgan fingerprint density at radius 3 is 2.70 bits per heavy atom. The van der Waals surface area contributed by atoms with Crippen molar-refractivity contribution >= 4 is 11.6 Å². The molecule has 0 fully saturated rings. The van der Waals surface area contributed by atoms with Gasteiger partial charge in [-0.1, -0.05) is 11.6 Å². The highest BCUT2D eigenvalue weighted by molar-refractivity contribution is 6.30. The molecule has 0 aliphatic heterocycles. The Bertz CT molecular complexity index is 581. The van der Waals surface area contributed by atoms with E-state index in [0.717, 1.165) is 11.4 Å². The smallest absolute Gasteiger partial charge is 0.147 e. The van der Waals surface area contributed by atoms with Crippen LogP contribution >= 0.6 is 11.6 Å². The van der Waals surface area contributed by atoms with E-state index in [9.17, 15) is 0 Å². The number of nitrogens with one attached hydrogen (secondary N) is 1. The van der Waals surface area contributed by atoms with Crippen molar-refractivity contribution in [3.8, 4) is 11.5 Å². The first-order valence-electron chi connectivity index (χ1n) is 6.41. The number of aromatic nitrogens is 2. The van der Waals surface area contributed by atoms with Gasteiger partial charge in [0.1, 0.15) is 11.5 Å². The topological polar surface area (TPSA) is 47.0 Å². The van der Waals surface area contributed by atoms with E-state index in [0.29, 0.717) is 17.3 Å². The van der Waals surface area contributed by atoms with Gasteiger partial charge in [-0.3, -0.25) is 9.97 Å². The van der Waals surface area contributed by atoms with Crippen LogP contribution in [0.25, 0.3) is 0 Å². The fourth-order valence-corrected chi connectivity index (χ4v) is 1.72. The fraction of sp³-hybridized carbons (Fsp3) is 0.333. The average Bonchev–Trinajstić information content (AvgIpc) is 2.36. The number of ether oxygens (including phenoxy) is 1. The summed E-state index contributed by atoms with van der Waals surface area (Å²) in [5.41, 5.74) is 0.975. The molecule has 20 heavy (non-hydrogen) atoms. The molecule has 0 unspecified atom stereocenters. The summed E-state index contributed by atoms with van der Waals surface area (Å²) in [6.45, 7) is 7.04. The molecule has 5 heteroatoms. The zero-order chi connectivity index (χ0) is 14.6. The van der Waals surface area contributed by atoms with Crippen LogP contribution in [0.2, 0.25) is 5.02 Å². The van der Waals surface area contributed by atoms with Gasteiger partial charge in [-0.05, 0) is 26.8 Å². The maximum Gasteiger partial charge on any atom is 0.147 e. The first kappa shape index (κ1) is 14.8. The summed E-state index contributed by atoms with van der Waals surface area (Å²) < 4.78 is 5.72. The van der Waals surface area contributed by atoms with Crippen molar-refractivity contribution in [1.29, 1.82) is 0 Å². The molecule has 0 bridgehead atoms. The normalized spacial score (nSPS) is 11.4. The molecular formula is C15H18ClN3O. The summed E-state index contributed by atoms with van der Waals surface area (Å²) >= 11 is 5.88. The second-order valence-corrected chi connectivity index (χ2v) is 5.96. The Labute approximate surface area is 124 Å². The summed E-state index contributed by atoms with van der Waals surface area (Å²) in [6.07, 6.45) is 4.92. The van der Waals surface area contributed by atoms with Crippen LogP contribution in [0.15, 0.2) is 36.8 Å². The molecule has 2 heterocycles. The third-order valence-electron chi connectivity index (χ3n) is 2.50. The predicted molar refractivity (Wildman–Crippen MR) is 80.2 cm³/mol. The zero-order valence-electron chi connectivity index (χ0n) is 11.9. The summed E-state index contributed by atoms with van der Waals surface area (Å²) in [5.74, 6) is 1.33. The summed E-state index contributed by atoms with van der Waals surface area (Å²) in [5, 5.41) is 3.93. The summed E-state index contributed by atoms with van der Waals surface area (Å²) in [6, 6.07) is 5.43. The van der Waals surface area contributed by atoms with E-state index in [2.05, 4.69) is 36.1 Å². The Kier molecular flexibility index (Phi) is 4.57. The van der Waals surface area contributed by atoms with Gasteiger partial charge < -0.3 is 10.1 Å². The Morgan fingerprint density at radius 1 is 1.20 bits per heavy atom. The molecule has 106 valence electrons. The van der Waals surface area contributed by atoms with Gasteiger partial charge in [-0.2, -0.15) is 0 Å². The monoisotopic (exact) mass is 291 g/mol. The molecule has 0 aromatic carbocycles. The van der Waals surface area contributed by atoms with Crippen LogP contribution in [0, 0.1) is 0 Å². The first-order chi connectivity index (χ1) is 9.42. The first-order valence-corrected chi connectivity index (χ1v) is 6.78. The minimum Gasteiger partial charge on any atom is -0.456 e. The standard InChI is InChI=1S/C15H18ClN3O/c1-15(2,3)19-9-12-7-13(4-5-18-12)20-14-6-11(16)8-17-10-14/h4-8,10,19H,9H2,1-3H3. The molecule has 0 atom stereocenters. The molecule has 0 saturated heterocycles. The lowest BCUT2D eigenvalue weighted by atomic mass is 10.1. The van der Waals surface area contributed by atoms with Gasteiger partial charge in [-0.15, -0.1) is 0 Å². The molecule has 0 amide bonds. The molecule has 0 aliphatic rings. The second-order valence-electron chi connectivity index (χ2n) is 5.53. The molecule has 0 spiro atoms. The summed E-state index contributed by atoms with van der Waals surface area (Å²) in [7, 11) is 0. The number of rotatable bonds is 4. The van der Waals surface area contributed by atoms with E-state index in [-0.39, 0.29) is 5.54 Å². The Morgan fingerprint density at radius 2 is 2.00 bits per heavy atom. The zero-order valence-corrected chi connectivity index (χ0v) is 12.6. The van der Waals surface area contributed by atoms with Gasteiger partial charge in [0.2, 0.25) is 0 Å². The lowest BCUT2D eigenvalue weighted by molar-refractivity contribution is 0.419. The van der Waals surface area contributed by atoms with Crippen LogP contribution in [0.5, 0.6) is 11.5 Å². The van der Waals surface area contributed by atoms with Crippen molar-refractivity contribution in [3.05, 3.63) is 47.5 Å². The maximum atomic E-state index is 5.88. The van der Waals surface area contributed by atoms with E-state index < -0.39 is 0 Å². The summed E-state index contributed by atoms with van der Waals surface area (Å²) in [4.78, 5) is 8.30. The van der Waals surface area contributed by atoms with Gasteiger partial charge in [0.15, 0.2) is 0 Å². The van der Waals surface area contributed by atoms with E-state index in [1.165, 1.54) is 0 Å². The van der Waals surface area contributed by atoms with Crippen molar-refractivity contribution in [2.24, 2.45) is 0 Å². The lowest BCUT2D eigenvalue weighted by Gasteiger charge is -2.20. The minimum atomic E-state index is 0.0510. The van der Waals surface area contributed by atoms with Gasteiger partial charge in [-0.25, -0.2) is 0 Å². The number of nitrogens with zero attached hydrogens (tertiary/aromatic N) is 2. The largest absolute Gasteiger partial charge is 0.456 e. The van der Waals surface area contributed by atoms with Crippen molar-refractivity contribution < 1.29 is 4.74 Å². The van der Waals surface area contributed by atoms with Gasteiger partial charge >= 0.3 is 0 Å². The Balaban J connectivity index is 2.06. The van der Waals surface area contributed by atoms with Crippen LogP contribution in [-0.2, 0) is 6.54 Å². The van der Waals surface area contributed by atoms with Crippen LogP contribution < -0.4 is 10.1 Å². The number of pyridine rings is 2. The van der Waals surface area contributed by atoms with Gasteiger partial charge in [0.05, 0.1) is 16.9 Å². The minimum absolute atomic E-state index is 0.0510. The molecule has 0 saturated carbocycles. The highest BCUT2D eigenvalue weighted by atomic mass is 35.5. The molecule has 2 rings (SSSR count). The van der Waals surface area contributed by atoms with Crippen molar-refractivity contribution in [2.45, 2.75) is 32.9 Å². The SMILES string of the molecule is CC(C)(C)NCc1cc(Oc2cncc(Cl)c2)ccn1. The third kappa shape index (κ3) is 4.79. The maximum absolute atomic E-state index is 5.88. The predicted octanol–water partition coefficient (Wildman–Crippen LogP) is 3.81. The average molecular weight is 292 g/mol. The van der Waals surface area contributed by atoms with E-state index >= 15 is 0 Å². The number of hydrogen-bond donors (Lipinski definition) is 1. The molecule has 2 aromatic heterocycles. The van der Waals surface area contributed by atoms with Crippen LogP contribution in [-0.4, -0.2) is 15.5 Å². The highest BCUT2D eigenvalue weighted by Gasteiger charge is 2.09. The van der Waals surface area contributed by atoms with Crippen LogP contribution in [0.1, 0.15) is 26.5 Å². The molecule has 4 nitrogen and oxygen atoms in total. The van der Waals surface area contributed by atoms with E-state index in [4.69, 9.17) is 16.3 Å². The molecule has 0 radical (unpaired) electrons.